The zero-order valence-electron chi connectivity index (χ0n) is 14.8. The molecule has 1 saturated heterocycles. The Hall–Kier alpha value is -2.48. The summed E-state index contributed by atoms with van der Waals surface area (Å²) < 4.78 is 2.95. The molecule has 7 nitrogen and oxygen atoms in total. The number of nitrogens with zero attached hydrogens (tertiary/aromatic N) is 5. The molecule has 1 aromatic carbocycles. The largest absolute Gasteiger partial charge is 0.324 e. The molecule has 2 aromatic heterocycles. The lowest BCUT2D eigenvalue weighted by Gasteiger charge is -2.31. The number of aryl methyl sites for hydroxylation is 1. The van der Waals surface area contributed by atoms with E-state index in [1.165, 1.54) is 4.70 Å². The summed E-state index contributed by atoms with van der Waals surface area (Å²) in [5, 5.41) is 12.0. The number of anilines is 1. The van der Waals surface area contributed by atoms with Crippen molar-refractivity contribution in [2.75, 3.05) is 18.4 Å². The second-order valence-corrected chi connectivity index (χ2v) is 7.66. The van der Waals surface area contributed by atoms with Crippen molar-refractivity contribution < 1.29 is 4.79 Å². The molecular weight excluding hydrogens is 348 g/mol. The molecule has 0 saturated carbocycles. The first-order valence-corrected chi connectivity index (χ1v) is 9.86. The molecule has 136 valence electrons. The van der Waals surface area contributed by atoms with Gasteiger partial charge in [0, 0.05) is 25.6 Å². The number of likely N-dealkylation sites (tertiary alicyclic amines) is 1. The van der Waals surface area contributed by atoms with Crippen LogP contribution in [-0.4, -0.2) is 44.0 Å². The zero-order chi connectivity index (χ0) is 17.9. The maximum absolute atomic E-state index is 12.6. The summed E-state index contributed by atoms with van der Waals surface area (Å²) in [6.07, 6.45) is 4.80. The van der Waals surface area contributed by atoms with E-state index in [1.54, 1.807) is 22.2 Å². The van der Waals surface area contributed by atoms with E-state index in [0.29, 0.717) is 18.3 Å². The lowest BCUT2D eigenvalue weighted by molar-refractivity contribution is 0.192. The van der Waals surface area contributed by atoms with Gasteiger partial charge in [-0.1, -0.05) is 24.3 Å². The summed E-state index contributed by atoms with van der Waals surface area (Å²) in [6.45, 7) is 4.33. The van der Waals surface area contributed by atoms with E-state index >= 15 is 0 Å². The number of amides is 2. The predicted octanol–water partition coefficient (Wildman–Crippen LogP) is 3.71. The molecule has 1 unspecified atom stereocenters. The standard InChI is InChI=1S/C18H22N6OS/c1-2-9-24-12-16(21-22-24)20-18(25)23-10-5-6-13(11-23)17-19-14-7-3-4-8-15(14)26-17/h3-4,7-8,12-13H,2,5-6,9-11H2,1H3,(H,20,25). The highest BCUT2D eigenvalue weighted by molar-refractivity contribution is 7.18. The second-order valence-electron chi connectivity index (χ2n) is 6.60. The molecule has 1 atom stereocenters. The number of aromatic nitrogens is 4. The number of rotatable bonds is 4. The summed E-state index contributed by atoms with van der Waals surface area (Å²) in [7, 11) is 0. The monoisotopic (exact) mass is 370 g/mol. The van der Waals surface area contributed by atoms with Gasteiger partial charge in [-0.25, -0.2) is 9.78 Å². The van der Waals surface area contributed by atoms with Crippen LogP contribution >= 0.6 is 11.3 Å². The normalized spacial score (nSPS) is 17.6. The topological polar surface area (TPSA) is 75.9 Å². The lowest BCUT2D eigenvalue weighted by Crippen LogP contribution is -2.41. The fourth-order valence-electron chi connectivity index (χ4n) is 3.31. The Labute approximate surface area is 156 Å². The minimum atomic E-state index is -0.112. The summed E-state index contributed by atoms with van der Waals surface area (Å²) in [6, 6.07) is 8.08. The first-order valence-electron chi connectivity index (χ1n) is 9.04. The lowest BCUT2D eigenvalue weighted by atomic mass is 9.99. The van der Waals surface area contributed by atoms with Gasteiger partial charge in [-0.2, -0.15) is 0 Å². The van der Waals surface area contributed by atoms with Gasteiger partial charge in [-0.3, -0.25) is 10.00 Å². The number of para-hydroxylation sites is 1. The molecule has 1 aliphatic rings. The van der Waals surface area contributed by atoms with Crippen LogP contribution in [0.15, 0.2) is 30.5 Å². The third-order valence-electron chi connectivity index (χ3n) is 4.59. The minimum Gasteiger partial charge on any atom is -0.324 e. The number of carbonyl (C=O) groups is 1. The van der Waals surface area contributed by atoms with Crippen LogP contribution in [0.25, 0.3) is 10.2 Å². The van der Waals surface area contributed by atoms with E-state index in [9.17, 15) is 4.79 Å². The molecule has 0 bridgehead atoms. The number of fused-ring (bicyclic) bond motifs is 1. The van der Waals surface area contributed by atoms with Crippen molar-refractivity contribution in [1.29, 1.82) is 0 Å². The van der Waals surface area contributed by atoms with Crippen LogP contribution in [0.5, 0.6) is 0 Å². The molecular formula is C18H22N6OS. The van der Waals surface area contributed by atoms with E-state index in [0.717, 1.165) is 42.9 Å². The number of carbonyl (C=O) groups excluding carboxylic acids is 1. The quantitative estimate of drug-likeness (QED) is 0.759. The average Bonchev–Trinajstić information content (AvgIpc) is 3.29. The van der Waals surface area contributed by atoms with Crippen LogP contribution in [0.4, 0.5) is 10.6 Å². The van der Waals surface area contributed by atoms with Crippen LogP contribution in [0, 0.1) is 0 Å². The summed E-state index contributed by atoms with van der Waals surface area (Å²) in [5.41, 5.74) is 1.04. The summed E-state index contributed by atoms with van der Waals surface area (Å²) >= 11 is 1.74. The molecule has 1 aliphatic heterocycles. The fourth-order valence-corrected chi connectivity index (χ4v) is 4.40. The third-order valence-corrected chi connectivity index (χ3v) is 5.79. The highest BCUT2D eigenvalue weighted by Gasteiger charge is 2.27. The van der Waals surface area contributed by atoms with E-state index in [-0.39, 0.29) is 6.03 Å². The van der Waals surface area contributed by atoms with Crippen LogP contribution in [0.1, 0.15) is 37.1 Å². The number of hydrogen-bond acceptors (Lipinski definition) is 5. The smallest absolute Gasteiger partial charge is 0.323 e. The fraction of sp³-hybridized carbons (Fsp3) is 0.444. The van der Waals surface area contributed by atoms with Gasteiger partial charge in [0.2, 0.25) is 0 Å². The van der Waals surface area contributed by atoms with Gasteiger partial charge in [0.1, 0.15) is 0 Å². The Morgan fingerprint density at radius 1 is 1.38 bits per heavy atom. The Balaban J connectivity index is 1.43. The van der Waals surface area contributed by atoms with Crippen LogP contribution in [0.2, 0.25) is 0 Å². The molecule has 0 radical (unpaired) electrons. The van der Waals surface area contributed by atoms with E-state index < -0.39 is 0 Å². The number of urea groups is 1. The van der Waals surface area contributed by atoms with Crippen LogP contribution in [0.3, 0.4) is 0 Å². The van der Waals surface area contributed by atoms with E-state index in [2.05, 4.69) is 28.6 Å². The van der Waals surface area contributed by atoms with Crippen molar-refractivity contribution in [1.82, 2.24) is 24.9 Å². The number of benzene rings is 1. The summed E-state index contributed by atoms with van der Waals surface area (Å²) in [4.78, 5) is 19.2. The summed E-state index contributed by atoms with van der Waals surface area (Å²) in [5.74, 6) is 0.799. The van der Waals surface area contributed by atoms with Gasteiger partial charge in [-0.15, -0.1) is 16.4 Å². The molecule has 2 amide bonds. The Morgan fingerprint density at radius 3 is 3.12 bits per heavy atom. The molecule has 1 fully saturated rings. The molecule has 8 heteroatoms. The predicted molar refractivity (Wildman–Crippen MR) is 102 cm³/mol. The van der Waals surface area contributed by atoms with Gasteiger partial charge in [0.25, 0.3) is 0 Å². The number of piperidine rings is 1. The minimum absolute atomic E-state index is 0.112. The van der Waals surface area contributed by atoms with Crippen LogP contribution < -0.4 is 5.32 Å². The Kier molecular flexibility index (Phi) is 4.83. The second kappa shape index (κ2) is 7.41. The molecule has 4 rings (SSSR count). The van der Waals surface area contributed by atoms with Crippen molar-refractivity contribution in [3.63, 3.8) is 0 Å². The molecule has 0 aliphatic carbocycles. The van der Waals surface area contributed by atoms with E-state index in [4.69, 9.17) is 4.98 Å². The number of nitrogens with one attached hydrogen (secondary N) is 1. The maximum Gasteiger partial charge on any atom is 0.323 e. The first-order chi connectivity index (χ1) is 12.7. The highest BCUT2D eigenvalue weighted by Crippen LogP contribution is 2.33. The maximum atomic E-state index is 12.6. The highest BCUT2D eigenvalue weighted by atomic mass is 32.1. The molecule has 3 aromatic rings. The number of hydrogen-bond donors (Lipinski definition) is 1. The van der Waals surface area contributed by atoms with Crippen molar-refractivity contribution >= 4 is 33.4 Å². The Morgan fingerprint density at radius 2 is 2.27 bits per heavy atom. The SMILES string of the molecule is CCCn1cc(NC(=O)N2CCCC(c3nc4ccccc4s3)C2)nn1. The molecule has 0 spiro atoms. The van der Waals surface area contributed by atoms with Gasteiger partial charge < -0.3 is 4.90 Å². The van der Waals surface area contributed by atoms with Crippen molar-refractivity contribution in [3.8, 4) is 0 Å². The molecule has 26 heavy (non-hydrogen) atoms. The zero-order valence-corrected chi connectivity index (χ0v) is 15.6. The first kappa shape index (κ1) is 17.0. The van der Waals surface area contributed by atoms with Gasteiger partial charge >= 0.3 is 6.03 Å². The average molecular weight is 370 g/mol. The van der Waals surface area contributed by atoms with Crippen LogP contribution in [-0.2, 0) is 6.54 Å². The van der Waals surface area contributed by atoms with Gasteiger partial charge in [0.05, 0.1) is 21.4 Å². The Bertz CT molecular complexity index is 871. The number of thiazole rings is 1. The van der Waals surface area contributed by atoms with Crippen molar-refractivity contribution in [2.24, 2.45) is 0 Å². The third kappa shape index (κ3) is 3.55. The van der Waals surface area contributed by atoms with Gasteiger partial charge in [0.15, 0.2) is 5.82 Å². The van der Waals surface area contributed by atoms with Gasteiger partial charge in [-0.05, 0) is 31.4 Å². The molecule has 3 heterocycles. The van der Waals surface area contributed by atoms with Crippen molar-refractivity contribution in [2.45, 2.75) is 38.6 Å². The molecule has 1 N–H and O–H groups in total. The van der Waals surface area contributed by atoms with Crippen molar-refractivity contribution in [3.05, 3.63) is 35.5 Å². The van der Waals surface area contributed by atoms with E-state index in [1.807, 2.05) is 23.1 Å².